The van der Waals surface area contributed by atoms with Gasteiger partial charge >= 0.3 is 5.97 Å². The summed E-state index contributed by atoms with van der Waals surface area (Å²) in [5.41, 5.74) is 1.58. The summed E-state index contributed by atoms with van der Waals surface area (Å²) in [6.45, 7) is -0.254. The van der Waals surface area contributed by atoms with Crippen molar-refractivity contribution in [3.63, 3.8) is 0 Å². The Kier molecular flexibility index (Phi) is 5.60. The molecular weight excluding hydrogens is 412 g/mol. The molecule has 24 heavy (non-hydrogen) atoms. The zero-order valence-electron chi connectivity index (χ0n) is 12.3. The summed E-state index contributed by atoms with van der Waals surface area (Å²) >= 11 is 5.83. The van der Waals surface area contributed by atoms with Crippen molar-refractivity contribution < 1.29 is 14.3 Å². The number of ether oxygens (including phenoxy) is 1. The average Bonchev–Trinajstić information content (AvgIpc) is 3.04. The van der Waals surface area contributed by atoms with Crippen molar-refractivity contribution in [2.75, 3.05) is 12.4 Å². The van der Waals surface area contributed by atoms with Gasteiger partial charge in [0.05, 0.1) is 31.6 Å². The van der Waals surface area contributed by atoms with Gasteiger partial charge in [-0.1, -0.05) is 23.9 Å². The van der Waals surface area contributed by atoms with Gasteiger partial charge in [0.2, 0.25) is 5.78 Å². The molecule has 0 spiro atoms. The molecule has 0 amide bonds. The van der Waals surface area contributed by atoms with Gasteiger partial charge in [-0.25, -0.2) is 4.98 Å². The third-order valence-electron chi connectivity index (χ3n) is 2.98. The predicted octanol–water partition coefficient (Wildman–Crippen LogP) is 3.97. The molecular formula is C16H11BrN2O3S2. The van der Waals surface area contributed by atoms with E-state index in [2.05, 4.69) is 25.9 Å². The number of thioether (sulfide) groups is 1. The Hall–Kier alpha value is -1.77. The number of aromatic nitrogens is 2. The lowest BCUT2D eigenvalue weighted by atomic mass is 10.3. The molecule has 0 saturated heterocycles. The fraction of sp³-hybridized carbons (Fsp3) is 0.125. The summed E-state index contributed by atoms with van der Waals surface area (Å²) in [5, 5.41) is 0.638. The molecule has 0 atom stereocenters. The fourth-order valence-electron chi connectivity index (χ4n) is 1.87. The standard InChI is InChI=1S/C16H11BrN2O3S2/c17-14-6-5-13(24-14)12(20)8-22-16(21)9-23-15-7-18-10-3-1-2-4-11(10)19-15/h1-7H,8-9H2. The van der Waals surface area contributed by atoms with Crippen LogP contribution in [0, 0.1) is 0 Å². The molecule has 2 heterocycles. The number of halogens is 1. The summed E-state index contributed by atoms with van der Waals surface area (Å²) in [7, 11) is 0. The van der Waals surface area contributed by atoms with Gasteiger partial charge < -0.3 is 4.74 Å². The Labute approximate surface area is 154 Å². The van der Waals surface area contributed by atoms with Crippen LogP contribution < -0.4 is 0 Å². The molecule has 3 rings (SSSR count). The van der Waals surface area contributed by atoms with Crippen molar-refractivity contribution in [3.8, 4) is 0 Å². The Balaban J connectivity index is 1.50. The number of carbonyl (C=O) groups is 2. The number of thiophene rings is 1. The van der Waals surface area contributed by atoms with Crippen LogP contribution in [0.2, 0.25) is 0 Å². The van der Waals surface area contributed by atoms with Gasteiger partial charge in [0.25, 0.3) is 0 Å². The first kappa shape index (κ1) is 17.1. The van der Waals surface area contributed by atoms with Gasteiger partial charge in [0, 0.05) is 0 Å². The Bertz CT molecular complexity index is 898. The minimum Gasteiger partial charge on any atom is -0.457 e. The third kappa shape index (κ3) is 4.40. The van der Waals surface area contributed by atoms with E-state index >= 15 is 0 Å². The van der Waals surface area contributed by atoms with Crippen LogP contribution in [0.25, 0.3) is 11.0 Å². The van der Waals surface area contributed by atoms with E-state index in [0.29, 0.717) is 9.90 Å². The first-order chi connectivity index (χ1) is 11.6. The van der Waals surface area contributed by atoms with E-state index in [9.17, 15) is 9.59 Å². The van der Waals surface area contributed by atoms with Crippen molar-refractivity contribution in [2.24, 2.45) is 0 Å². The lowest BCUT2D eigenvalue weighted by Crippen LogP contribution is -2.14. The van der Waals surface area contributed by atoms with Crippen LogP contribution in [0.4, 0.5) is 0 Å². The Morgan fingerprint density at radius 1 is 1.17 bits per heavy atom. The monoisotopic (exact) mass is 422 g/mol. The first-order valence-electron chi connectivity index (χ1n) is 6.90. The Morgan fingerprint density at radius 3 is 2.71 bits per heavy atom. The van der Waals surface area contributed by atoms with Crippen LogP contribution in [-0.2, 0) is 9.53 Å². The molecule has 0 aliphatic rings. The van der Waals surface area contributed by atoms with Gasteiger partial charge in [-0.3, -0.25) is 14.6 Å². The summed E-state index contributed by atoms with van der Waals surface area (Å²) in [5.74, 6) is -0.595. The quantitative estimate of drug-likeness (QED) is 0.340. The van der Waals surface area contributed by atoms with Crippen LogP contribution >= 0.6 is 39.0 Å². The van der Waals surface area contributed by atoms with Gasteiger partial charge in [0.1, 0.15) is 5.03 Å². The van der Waals surface area contributed by atoms with E-state index in [1.165, 1.54) is 23.1 Å². The van der Waals surface area contributed by atoms with Crippen LogP contribution in [0.1, 0.15) is 9.67 Å². The highest BCUT2D eigenvalue weighted by molar-refractivity contribution is 9.11. The highest BCUT2D eigenvalue weighted by Gasteiger charge is 2.12. The molecule has 0 aliphatic carbocycles. The van der Waals surface area contributed by atoms with E-state index in [1.807, 2.05) is 24.3 Å². The predicted molar refractivity (Wildman–Crippen MR) is 97.6 cm³/mol. The van der Waals surface area contributed by atoms with Crippen molar-refractivity contribution in [3.05, 3.63) is 51.3 Å². The lowest BCUT2D eigenvalue weighted by molar-refractivity contribution is -0.139. The molecule has 0 N–H and O–H groups in total. The van der Waals surface area contributed by atoms with Crippen LogP contribution in [0.15, 0.2) is 51.4 Å². The molecule has 8 heteroatoms. The van der Waals surface area contributed by atoms with Gasteiger partial charge in [-0.05, 0) is 40.2 Å². The maximum Gasteiger partial charge on any atom is 0.316 e. The SMILES string of the molecule is O=C(CSc1cnc2ccccc2n1)OCC(=O)c1ccc(Br)s1. The van der Waals surface area contributed by atoms with Gasteiger partial charge in [-0.2, -0.15) is 0 Å². The minimum atomic E-state index is -0.459. The highest BCUT2D eigenvalue weighted by Crippen LogP contribution is 2.22. The number of ketones is 1. The number of rotatable bonds is 6. The zero-order valence-corrected chi connectivity index (χ0v) is 15.5. The zero-order chi connectivity index (χ0) is 16.9. The van der Waals surface area contributed by atoms with Crippen molar-refractivity contribution in [2.45, 2.75) is 5.03 Å². The second-order valence-electron chi connectivity index (χ2n) is 4.67. The van der Waals surface area contributed by atoms with E-state index in [-0.39, 0.29) is 18.1 Å². The molecule has 0 unspecified atom stereocenters. The van der Waals surface area contributed by atoms with Crippen LogP contribution in [0.5, 0.6) is 0 Å². The largest absolute Gasteiger partial charge is 0.457 e. The lowest BCUT2D eigenvalue weighted by Gasteiger charge is -2.04. The normalized spacial score (nSPS) is 10.7. The first-order valence-corrected chi connectivity index (χ1v) is 9.50. The Morgan fingerprint density at radius 2 is 1.96 bits per heavy atom. The van der Waals surface area contributed by atoms with E-state index in [0.717, 1.165) is 14.8 Å². The molecule has 0 fully saturated rings. The van der Waals surface area contributed by atoms with Gasteiger partial charge in [0.15, 0.2) is 6.61 Å². The minimum absolute atomic E-state index is 0.0778. The molecule has 1 aromatic carbocycles. The number of para-hydroxylation sites is 2. The van der Waals surface area contributed by atoms with Crippen LogP contribution in [0.3, 0.4) is 0 Å². The van der Waals surface area contributed by atoms with Crippen molar-refractivity contribution >= 4 is 61.8 Å². The maximum absolute atomic E-state index is 11.9. The smallest absolute Gasteiger partial charge is 0.316 e. The summed E-state index contributed by atoms with van der Waals surface area (Å²) in [4.78, 5) is 32.9. The number of nitrogens with zero attached hydrogens (tertiary/aromatic N) is 2. The topological polar surface area (TPSA) is 69.2 Å². The molecule has 2 aromatic heterocycles. The van der Waals surface area contributed by atoms with Crippen molar-refractivity contribution in [1.29, 1.82) is 0 Å². The maximum atomic E-state index is 11.9. The molecule has 5 nitrogen and oxygen atoms in total. The molecule has 0 aliphatic heterocycles. The molecule has 3 aromatic rings. The highest BCUT2D eigenvalue weighted by atomic mass is 79.9. The molecule has 122 valence electrons. The molecule has 0 saturated carbocycles. The van der Waals surface area contributed by atoms with E-state index in [1.54, 1.807) is 18.3 Å². The number of benzene rings is 1. The number of esters is 1. The summed E-state index contributed by atoms with van der Waals surface area (Å²) in [6.07, 6.45) is 1.62. The second kappa shape index (κ2) is 7.87. The fourth-order valence-corrected chi connectivity index (χ4v) is 3.82. The molecule has 0 radical (unpaired) electrons. The summed E-state index contributed by atoms with van der Waals surface area (Å²) in [6, 6.07) is 11.0. The number of Topliss-reactive ketones (excluding diaryl/α,β-unsaturated/α-hetero) is 1. The van der Waals surface area contributed by atoms with Gasteiger partial charge in [-0.15, -0.1) is 11.3 Å². The van der Waals surface area contributed by atoms with Crippen LogP contribution in [-0.4, -0.2) is 34.1 Å². The summed E-state index contributed by atoms with van der Waals surface area (Å²) < 4.78 is 5.87. The number of carbonyl (C=O) groups excluding carboxylic acids is 2. The molecule has 0 bridgehead atoms. The average molecular weight is 423 g/mol. The second-order valence-corrected chi connectivity index (χ2v) is 8.13. The number of hydrogen-bond acceptors (Lipinski definition) is 7. The number of fused-ring (bicyclic) bond motifs is 1. The van der Waals surface area contributed by atoms with E-state index < -0.39 is 5.97 Å². The van der Waals surface area contributed by atoms with Crippen molar-refractivity contribution in [1.82, 2.24) is 9.97 Å². The number of hydrogen-bond donors (Lipinski definition) is 0. The third-order valence-corrected chi connectivity index (χ3v) is 5.51. The van der Waals surface area contributed by atoms with E-state index in [4.69, 9.17) is 4.74 Å².